The smallest absolute Gasteiger partial charge is 0.141 e. The van der Waals surface area contributed by atoms with Gasteiger partial charge in [0.2, 0.25) is 0 Å². The fourth-order valence-electron chi connectivity index (χ4n) is 4.34. The van der Waals surface area contributed by atoms with Crippen molar-refractivity contribution < 1.29 is 4.79 Å². The van der Waals surface area contributed by atoms with Gasteiger partial charge in [0.25, 0.3) is 0 Å². The zero-order valence-electron chi connectivity index (χ0n) is 21.0. The van der Waals surface area contributed by atoms with Crippen LogP contribution in [0.2, 0.25) is 0 Å². The molecule has 0 fully saturated rings. The first-order chi connectivity index (χ1) is 16.7. The van der Waals surface area contributed by atoms with Gasteiger partial charge in [0.05, 0.1) is 0 Å². The van der Waals surface area contributed by atoms with Crippen molar-refractivity contribution in [2.45, 2.75) is 103 Å². The van der Waals surface area contributed by atoms with E-state index in [1.165, 1.54) is 62.5 Å². The van der Waals surface area contributed by atoms with E-state index in [1.54, 1.807) is 0 Å². The highest BCUT2D eigenvalue weighted by atomic mass is 16.1. The third-order valence-electron chi connectivity index (χ3n) is 6.42. The zero-order chi connectivity index (χ0) is 24.3. The Morgan fingerprint density at radius 3 is 1.21 bits per heavy atom. The molecule has 34 heavy (non-hydrogen) atoms. The van der Waals surface area contributed by atoms with E-state index in [-0.39, 0.29) is 5.78 Å². The van der Waals surface area contributed by atoms with Gasteiger partial charge in [0.15, 0.2) is 0 Å². The molecule has 0 unspecified atom stereocenters. The Morgan fingerprint density at radius 1 is 0.500 bits per heavy atom. The Balaban J connectivity index is 1.62. The van der Waals surface area contributed by atoms with Crippen LogP contribution in [0, 0.1) is 24.7 Å². The van der Waals surface area contributed by atoms with Crippen molar-refractivity contribution in [1.29, 1.82) is 0 Å². The minimum absolute atomic E-state index is 0.277. The third-order valence-corrected chi connectivity index (χ3v) is 6.42. The van der Waals surface area contributed by atoms with Crippen molar-refractivity contribution in [3.63, 3.8) is 0 Å². The van der Waals surface area contributed by atoms with E-state index >= 15 is 0 Å². The highest BCUT2D eigenvalue weighted by molar-refractivity contribution is 5.83. The van der Waals surface area contributed by atoms with Gasteiger partial charge >= 0.3 is 0 Å². The van der Waals surface area contributed by atoms with Crippen LogP contribution in [0.15, 0.2) is 48.5 Å². The van der Waals surface area contributed by atoms with Crippen LogP contribution in [-0.2, 0) is 30.5 Å². The highest BCUT2D eigenvalue weighted by Crippen LogP contribution is 2.14. The van der Waals surface area contributed by atoms with Gasteiger partial charge in [-0.25, -0.2) is 0 Å². The Labute approximate surface area is 208 Å². The Bertz CT molecular complexity index is 814. The van der Waals surface area contributed by atoms with Crippen molar-refractivity contribution in [2.24, 2.45) is 0 Å². The predicted octanol–water partition coefficient (Wildman–Crippen LogP) is 8.07. The molecular weight excluding hydrogens is 412 g/mol. The molecule has 0 aromatic heterocycles. The van der Waals surface area contributed by atoms with Crippen LogP contribution in [0.3, 0.4) is 0 Å². The summed E-state index contributed by atoms with van der Waals surface area (Å²) in [5.41, 5.74) is 4.95. The molecule has 0 heterocycles. The first-order valence-corrected chi connectivity index (χ1v) is 13.3. The second-order valence-corrected chi connectivity index (χ2v) is 9.47. The maximum Gasteiger partial charge on any atom is 0.141 e. The van der Waals surface area contributed by atoms with E-state index < -0.39 is 0 Å². The molecule has 0 aliphatic rings. The molecular formula is C33H42O. The Hall–Kier alpha value is -2.77. The molecule has 0 amide bonds. The first kappa shape index (κ1) is 27.5. The summed E-state index contributed by atoms with van der Waals surface area (Å²) in [6.45, 7) is 0. The van der Waals surface area contributed by atoms with Gasteiger partial charge in [-0.15, -0.1) is 24.7 Å². The molecule has 2 aromatic carbocycles. The summed E-state index contributed by atoms with van der Waals surface area (Å²) in [6, 6.07) is 17.2. The Morgan fingerprint density at radius 2 is 0.824 bits per heavy atom. The van der Waals surface area contributed by atoms with E-state index in [0.29, 0.717) is 12.8 Å². The van der Waals surface area contributed by atoms with E-state index in [4.69, 9.17) is 12.8 Å². The number of benzene rings is 2. The number of terminal acetylenes is 2. The average Bonchev–Trinajstić information content (AvgIpc) is 2.85. The maximum atomic E-state index is 12.6. The summed E-state index contributed by atoms with van der Waals surface area (Å²) in [7, 11) is 0. The van der Waals surface area contributed by atoms with E-state index in [9.17, 15) is 4.79 Å². The SMILES string of the molecule is C#CCCCCCCCc1ccc(CC(=O)Cc2ccc(CCCCCCCC#C)cc2)cc1. The van der Waals surface area contributed by atoms with Crippen molar-refractivity contribution in [1.82, 2.24) is 0 Å². The minimum atomic E-state index is 0.277. The van der Waals surface area contributed by atoms with Crippen LogP contribution in [0.1, 0.15) is 99.3 Å². The lowest BCUT2D eigenvalue weighted by atomic mass is 9.98. The number of hydrogen-bond acceptors (Lipinski definition) is 1. The van der Waals surface area contributed by atoms with Gasteiger partial charge in [-0.05, 0) is 60.8 Å². The fraction of sp³-hybridized carbons (Fsp3) is 0.485. The number of Topliss-reactive ketones (excluding diaryl/α,β-unsaturated/α-hetero) is 1. The molecule has 0 spiro atoms. The van der Waals surface area contributed by atoms with Gasteiger partial charge in [0.1, 0.15) is 5.78 Å². The van der Waals surface area contributed by atoms with Crippen LogP contribution in [-0.4, -0.2) is 5.78 Å². The van der Waals surface area contributed by atoms with Crippen LogP contribution in [0.5, 0.6) is 0 Å². The molecule has 0 atom stereocenters. The monoisotopic (exact) mass is 454 g/mol. The average molecular weight is 455 g/mol. The lowest BCUT2D eigenvalue weighted by Gasteiger charge is -2.06. The number of rotatable bonds is 18. The molecule has 180 valence electrons. The second kappa shape index (κ2) is 17.7. The number of aryl methyl sites for hydroxylation is 2. The lowest BCUT2D eigenvalue weighted by molar-refractivity contribution is -0.117. The van der Waals surface area contributed by atoms with Gasteiger partial charge in [-0.3, -0.25) is 4.79 Å². The Kier molecular flexibility index (Phi) is 14.3. The second-order valence-electron chi connectivity index (χ2n) is 9.47. The van der Waals surface area contributed by atoms with Crippen LogP contribution >= 0.6 is 0 Å². The standard InChI is InChI=1S/C33H42O/c1-3-5-7-9-11-13-15-17-29-19-23-31(24-20-29)27-33(34)28-32-25-21-30(22-26-32)18-16-14-12-10-8-6-4-2/h1-2,19-26H,5-18,27-28H2. The summed E-state index contributed by atoms with van der Waals surface area (Å²) < 4.78 is 0. The molecule has 0 saturated carbocycles. The molecule has 0 saturated heterocycles. The normalized spacial score (nSPS) is 10.5. The summed E-state index contributed by atoms with van der Waals surface area (Å²) in [4.78, 5) is 12.6. The number of ketones is 1. The van der Waals surface area contributed by atoms with Gasteiger partial charge in [-0.1, -0.05) is 87.1 Å². The zero-order valence-corrected chi connectivity index (χ0v) is 21.0. The number of carbonyl (C=O) groups excluding carboxylic acids is 1. The molecule has 0 N–H and O–H groups in total. The molecule has 2 aromatic rings. The maximum absolute atomic E-state index is 12.6. The summed E-state index contributed by atoms with van der Waals surface area (Å²) in [5, 5.41) is 0. The van der Waals surface area contributed by atoms with Gasteiger partial charge in [-0.2, -0.15) is 0 Å². The molecule has 0 radical (unpaired) electrons. The molecule has 1 nitrogen and oxygen atoms in total. The predicted molar refractivity (Wildman–Crippen MR) is 146 cm³/mol. The lowest BCUT2D eigenvalue weighted by Crippen LogP contribution is -2.06. The van der Waals surface area contributed by atoms with Crippen LogP contribution in [0.4, 0.5) is 0 Å². The van der Waals surface area contributed by atoms with Crippen molar-refractivity contribution >= 4 is 5.78 Å². The van der Waals surface area contributed by atoms with Crippen LogP contribution in [0.25, 0.3) is 0 Å². The van der Waals surface area contributed by atoms with E-state index in [0.717, 1.165) is 49.7 Å². The quantitative estimate of drug-likeness (QED) is 0.164. The fourth-order valence-corrected chi connectivity index (χ4v) is 4.34. The number of carbonyl (C=O) groups is 1. The third kappa shape index (κ3) is 12.5. The first-order valence-electron chi connectivity index (χ1n) is 13.3. The molecule has 2 rings (SSSR count). The van der Waals surface area contributed by atoms with Crippen LogP contribution < -0.4 is 0 Å². The van der Waals surface area contributed by atoms with Gasteiger partial charge in [0, 0.05) is 25.7 Å². The summed E-state index contributed by atoms with van der Waals surface area (Å²) in [6.07, 6.45) is 27.9. The highest BCUT2D eigenvalue weighted by Gasteiger charge is 2.06. The van der Waals surface area contributed by atoms with E-state index in [1.807, 2.05) is 0 Å². The summed E-state index contributed by atoms with van der Waals surface area (Å²) >= 11 is 0. The molecule has 0 aliphatic heterocycles. The van der Waals surface area contributed by atoms with Crippen molar-refractivity contribution in [3.05, 3.63) is 70.8 Å². The minimum Gasteiger partial charge on any atom is -0.299 e. The summed E-state index contributed by atoms with van der Waals surface area (Å²) in [5.74, 6) is 5.69. The largest absolute Gasteiger partial charge is 0.299 e. The van der Waals surface area contributed by atoms with Crippen molar-refractivity contribution in [3.8, 4) is 24.7 Å². The molecule has 0 aliphatic carbocycles. The van der Waals surface area contributed by atoms with E-state index in [2.05, 4.69) is 60.4 Å². The van der Waals surface area contributed by atoms with Gasteiger partial charge < -0.3 is 0 Å². The number of unbranched alkanes of at least 4 members (excludes halogenated alkanes) is 10. The molecule has 0 bridgehead atoms. The molecule has 1 heteroatoms. The van der Waals surface area contributed by atoms with Crippen molar-refractivity contribution in [2.75, 3.05) is 0 Å². The number of hydrogen-bond donors (Lipinski definition) is 0. The topological polar surface area (TPSA) is 17.1 Å².